The van der Waals surface area contributed by atoms with Crippen LogP contribution < -0.4 is 9.19 Å². The predicted octanol–water partition coefficient (Wildman–Crippen LogP) is 6.36. The van der Waals surface area contributed by atoms with Crippen LogP contribution in [0.4, 0.5) is 5.69 Å². The minimum atomic E-state index is -4.00. The smallest absolute Gasteiger partial charge is 0.339 e. The van der Waals surface area contributed by atoms with Crippen molar-refractivity contribution in [1.82, 2.24) is 0 Å². The highest BCUT2D eigenvalue weighted by Gasteiger charge is 2.32. The topological polar surface area (TPSA) is 76.0 Å². The van der Waals surface area contributed by atoms with Gasteiger partial charge in [-0.15, -0.1) is 0 Å². The van der Waals surface area contributed by atoms with E-state index >= 15 is 0 Å². The Balaban J connectivity index is 1.48. The summed E-state index contributed by atoms with van der Waals surface area (Å²) >= 11 is 3.41. The highest BCUT2D eigenvalue weighted by molar-refractivity contribution is 9.10. The molecule has 1 aliphatic heterocycles. The molecule has 0 bridgehead atoms. The maximum atomic E-state index is 13.4. The van der Waals surface area contributed by atoms with Crippen LogP contribution in [0.2, 0.25) is 0 Å². The van der Waals surface area contributed by atoms with Gasteiger partial charge in [0, 0.05) is 5.56 Å². The number of hydrazone groups is 1. The number of nitrogens with zero attached hydrogens (tertiary/aromatic N) is 2. The second-order valence-corrected chi connectivity index (χ2v) is 10.8. The van der Waals surface area contributed by atoms with Crippen LogP contribution in [0.3, 0.4) is 0 Å². The zero-order chi connectivity index (χ0) is 26.0. The van der Waals surface area contributed by atoms with E-state index in [2.05, 4.69) is 21.0 Å². The third kappa shape index (κ3) is 5.26. The fraction of sp³-hybridized carbons (Fsp3) is 0.0345. The average Bonchev–Trinajstić information content (AvgIpc) is 3.22. The molecule has 0 fully saturated rings. The number of benzene rings is 4. The molecule has 4 aromatic carbocycles. The van der Waals surface area contributed by atoms with Crippen molar-refractivity contribution in [1.29, 1.82) is 0 Å². The molecule has 0 spiro atoms. The van der Waals surface area contributed by atoms with Gasteiger partial charge in [0.25, 0.3) is 5.91 Å². The van der Waals surface area contributed by atoms with E-state index in [0.29, 0.717) is 27.0 Å². The average molecular weight is 573 g/mol. The summed E-state index contributed by atoms with van der Waals surface area (Å²) in [6.45, 7) is 1.88. The lowest BCUT2D eigenvalue weighted by Gasteiger charge is -2.11. The standard InChI is InChI=1S/C29H21BrN2O4S/c1-20-12-15-24(16-13-20)37(34,35)36-27-17-14-21(19-26(27)30)18-25-28(22-8-4-2-5-9-22)31-32(29(25)33)23-10-6-3-7-11-23/h2-19H,1H3/b25-18-. The Kier molecular flexibility index (Phi) is 6.78. The first kappa shape index (κ1) is 24.7. The summed E-state index contributed by atoms with van der Waals surface area (Å²) in [5.74, 6) is -0.119. The fourth-order valence-corrected chi connectivity index (χ4v) is 5.34. The van der Waals surface area contributed by atoms with Gasteiger partial charge in [-0.2, -0.15) is 18.5 Å². The number of amides is 1. The number of aryl methyl sites for hydroxylation is 1. The van der Waals surface area contributed by atoms with Gasteiger partial charge in [-0.1, -0.05) is 72.3 Å². The normalized spacial score (nSPS) is 14.6. The van der Waals surface area contributed by atoms with Gasteiger partial charge in [0.2, 0.25) is 0 Å². The maximum absolute atomic E-state index is 13.4. The SMILES string of the molecule is Cc1ccc(S(=O)(=O)Oc2ccc(/C=C3\C(=O)N(c4ccccc4)N=C3c3ccccc3)cc2Br)cc1. The molecule has 1 aliphatic rings. The van der Waals surface area contributed by atoms with Crippen LogP contribution in [0, 0.1) is 6.92 Å². The van der Waals surface area contributed by atoms with E-state index in [1.165, 1.54) is 17.1 Å². The van der Waals surface area contributed by atoms with E-state index in [0.717, 1.165) is 11.1 Å². The van der Waals surface area contributed by atoms with E-state index in [1.807, 2.05) is 67.6 Å². The van der Waals surface area contributed by atoms with Gasteiger partial charge >= 0.3 is 10.1 Å². The first-order chi connectivity index (χ1) is 17.8. The van der Waals surface area contributed by atoms with Crippen LogP contribution in [-0.4, -0.2) is 20.0 Å². The third-order valence-electron chi connectivity index (χ3n) is 5.70. The zero-order valence-corrected chi connectivity index (χ0v) is 22.1. The Morgan fingerprint density at radius 1 is 0.865 bits per heavy atom. The first-order valence-electron chi connectivity index (χ1n) is 11.4. The van der Waals surface area contributed by atoms with Crippen LogP contribution in [0.5, 0.6) is 5.75 Å². The minimum absolute atomic E-state index is 0.0671. The van der Waals surface area contributed by atoms with Crippen LogP contribution >= 0.6 is 15.9 Å². The lowest BCUT2D eigenvalue weighted by atomic mass is 10.0. The second kappa shape index (κ2) is 10.2. The van der Waals surface area contributed by atoms with Gasteiger partial charge in [-0.05, 0) is 70.9 Å². The summed E-state index contributed by atoms with van der Waals surface area (Å²) in [5.41, 5.74) is 4.06. The number of anilines is 1. The Morgan fingerprint density at radius 3 is 2.16 bits per heavy atom. The second-order valence-electron chi connectivity index (χ2n) is 8.37. The Labute approximate surface area is 223 Å². The lowest BCUT2D eigenvalue weighted by Crippen LogP contribution is -2.21. The molecule has 0 saturated heterocycles. The van der Waals surface area contributed by atoms with Gasteiger partial charge in [-0.3, -0.25) is 4.79 Å². The number of halogens is 1. The van der Waals surface area contributed by atoms with Crippen molar-refractivity contribution in [3.8, 4) is 5.75 Å². The number of rotatable bonds is 6. The summed E-state index contributed by atoms with van der Waals surface area (Å²) < 4.78 is 31.3. The summed E-state index contributed by atoms with van der Waals surface area (Å²) in [4.78, 5) is 13.5. The molecule has 0 aliphatic carbocycles. The van der Waals surface area contributed by atoms with Crippen LogP contribution in [0.25, 0.3) is 6.08 Å². The van der Waals surface area contributed by atoms with Gasteiger partial charge in [0.05, 0.1) is 15.7 Å². The number of para-hydroxylation sites is 1. The highest BCUT2D eigenvalue weighted by Crippen LogP contribution is 2.32. The van der Waals surface area contributed by atoms with Gasteiger partial charge in [0.15, 0.2) is 5.75 Å². The molecule has 184 valence electrons. The van der Waals surface area contributed by atoms with E-state index in [4.69, 9.17) is 4.18 Å². The number of hydrogen-bond donors (Lipinski definition) is 0. The number of hydrogen-bond acceptors (Lipinski definition) is 5. The largest absolute Gasteiger partial charge is 0.378 e. The quantitative estimate of drug-likeness (QED) is 0.199. The summed E-state index contributed by atoms with van der Waals surface area (Å²) in [6, 6.07) is 30.1. The van der Waals surface area contributed by atoms with Crippen LogP contribution in [0.15, 0.2) is 123 Å². The molecule has 0 N–H and O–H groups in total. The molecule has 0 atom stereocenters. The van der Waals surface area contributed by atoms with Crippen molar-refractivity contribution in [3.63, 3.8) is 0 Å². The predicted molar refractivity (Wildman–Crippen MR) is 148 cm³/mol. The summed E-state index contributed by atoms with van der Waals surface area (Å²) in [5, 5.41) is 6.02. The fourth-order valence-electron chi connectivity index (χ4n) is 3.81. The van der Waals surface area contributed by atoms with E-state index in [9.17, 15) is 13.2 Å². The van der Waals surface area contributed by atoms with Crippen molar-refractivity contribution in [2.45, 2.75) is 11.8 Å². The van der Waals surface area contributed by atoms with E-state index in [-0.39, 0.29) is 16.6 Å². The molecule has 0 unspecified atom stereocenters. The molecule has 1 heterocycles. The van der Waals surface area contributed by atoms with Crippen molar-refractivity contribution < 1.29 is 17.4 Å². The minimum Gasteiger partial charge on any atom is -0.378 e. The Morgan fingerprint density at radius 2 is 1.51 bits per heavy atom. The highest BCUT2D eigenvalue weighted by atomic mass is 79.9. The zero-order valence-electron chi connectivity index (χ0n) is 19.7. The molecule has 5 rings (SSSR count). The van der Waals surface area contributed by atoms with E-state index < -0.39 is 10.1 Å². The molecule has 4 aromatic rings. The molecule has 37 heavy (non-hydrogen) atoms. The molecule has 8 heteroatoms. The third-order valence-corrected chi connectivity index (χ3v) is 7.57. The van der Waals surface area contributed by atoms with Crippen LogP contribution in [0.1, 0.15) is 16.7 Å². The molecular formula is C29H21BrN2O4S. The van der Waals surface area contributed by atoms with Crippen molar-refractivity contribution in [3.05, 3.63) is 130 Å². The van der Waals surface area contributed by atoms with Crippen molar-refractivity contribution in [2.75, 3.05) is 5.01 Å². The van der Waals surface area contributed by atoms with Gasteiger partial charge < -0.3 is 4.18 Å². The lowest BCUT2D eigenvalue weighted by molar-refractivity contribution is -0.114. The van der Waals surface area contributed by atoms with Crippen molar-refractivity contribution >= 4 is 49.4 Å². The molecule has 6 nitrogen and oxygen atoms in total. The number of carbonyl (C=O) groups is 1. The molecular weight excluding hydrogens is 552 g/mol. The Bertz CT molecular complexity index is 1630. The number of carbonyl (C=O) groups excluding carboxylic acids is 1. The molecule has 0 radical (unpaired) electrons. The summed E-state index contributed by atoms with van der Waals surface area (Å²) in [7, 11) is -4.00. The van der Waals surface area contributed by atoms with Gasteiger partial charge in [-0.25, -0.2) is 0 Å². The van der Waals surface area contributed by atoms with Crippen LogP contribution in [-0.2, 0) is 14.9 Å². The maximum Gasteiger partial charge on any atom is 0.339 e. The Hall–Kier alpha value is -4.01. The molecule has 0 aromatic heterocycles. The van der Waals surface area contributed by atoms with E-state index in [1.54, 1.807) is 36.4 Å². The molecule has 0 saturated carbocycles. The van der Waals surface area contributed by atoms with Gasteiger partial charge in [0.1, 0.15) is 10.6 Å². The van der Waals surface area contributed by atoms with Crippen molar-refractivity contribution in [2.24, 2.45) is 5.10 Å². The molecule has 1 amide bonds. The monoisotopic (exact) mass is 572 g/mol. The first-order valence-corrected chi connectivity index (χ1v) is 13.6. The summed E-state index contributed by atoms with van der Waals surface area (Å²) in [6.07, 6.45) is 1.74.